The maximum absolute atomic E-state index is 13.6. The quantitative estimate of drug-likeness (QED) is 0.123. The van der Waals surface area contributed by atoms with E-state index in [2.05, 4.69) is 24.3 Å². The lowest BCUT2D eigenvalue weighted by molar-refractivity contribution is 0.0924. The van der Waals surface area contributed by atoms with Crippen molar-refractivity contribution in [3.8, 4) is 22.8 Å². The number of methoxy groups -OCH3 is 2. The number of unbranched alkanes of at least 4 members (excludes halogenated alkanes) is 13. The van der Waals surface area contributed by atoms with Crippen molar-refractivity contribution >= 4 is 17.4 Å². The second kappa shape index (κ2) is 18.3. The molecule has 1 aliphatic rings. The monoisotopic (exact) mass is 593 g/mol. The predicted octanol–water partition coefficient (Wildman–Crippen LogP) is 10.5. The van der Waals surface area contributed by atoms with Gasteiger partial charge in [0.2, 0.25) is 5.91 Å². The topological polar surface area (TPSA) is 65.4 Å². The molecule has 0 spiro atoms. The first kappa shape index (κ1) is 34.1. The van der Waals surface area contributed by atoms with Crippen LogP contribution in [0.5, 0.6) is 11.5 Å². The Morgan fingerprint density at radius 2 is 1.37 bits per heavy atom. The number of carbonyl (C=O) groups is 1. The van der Waals surface area contributed by atoms with E-state index >= 15 is 0 Å². The number of benzene rings is 2. The fourth-order valence-electron chi connectivity index (χ4n) is 5.64. The zero-order chi connectivity index (χ0) is 31.0. The van der Waals surface area contributed by atoms with E-state index in [1.165, 1.54) is 114 Å². The fraction of sp³-hybridized carbons (Fsp3) is 0.556. The molecule has 0 aliphatic heterocycles. The molecule has 1 aliphatic carbocycles. The Balaban J connectivity index is 0.000000273. The number of fused-ring (bicyclic) bond motifs is 3. The van der Waals surface area contributed by atoms with Gasteiger partial charge in [0, 0.05) is 30.2 Å². The van der Waals surface area contributed by atoms with Crippen LogP contribution < -0.4 is 14.8 Å². The van der Waals surface area contributed by atoms with Gasteiger partial charge in [0.05, 0.1) is 19.9 Å². The number of ether oxygens (including phenoxy) is 2. The minimum Gasteiger partial charge on any atom is -0.493 e. The van der Waals surface area contributed by atoms with Gasteiger partial charge in [-0.2, -0.15) is 9.78 Å². The minimum absolute atomic E-state index is 0.231. The summed E-state index contributed by atoms with van der Waals surface area (Å²) in [6, 6.07) is 9.87. The minimum atomic E-state index is -0.358. The molecule has 43 heavy (non-hydrogen) atoms. The van der Waals surface area contributed by atoms with Gasteiger partial charge >= 0.3 is 0 Å². The van der Waals surface area contributed by atoms with Crippen molar-refractivity contribution in [2.24, 2.45) is 0 Å². The molecule has 1 heterocycles. The molecule has 0 amide bonds. The molecule has 2 aromatic carbocycles. The van der Waals surface area contributed by atoms with Crippen LogP contribution in [0.1, 0.15) is 127 Å². The molecule has 1 aromatic heterocycles. The normalized spacial score (nSPS) is 11.4. The highest BCUT2D eigenvalue weighted by molar-refractivity contribution is 5.88. The Labute approximate surface area is 258 Å². The maximum atomic E-state index is 13.6. The average molecular weight is 594 g/mol. The maximum Gasteiger partial charge on any atom is 0.245 e. The number of nitrogens with one attached hydrogen (secondary N) is 1. The van der Waals surface area contributed by atoms with E-state index in [0.717, 1.165) is 16.7 Å². The van der Waals surface area contributed by atoms with Crippen molar-refractivity contribution in [3.63, 3.8) is 0 Å². The molecule has 0 fully saturated rings. The second-order valence-corrected chi connectivity index (χ2v) is 11.5. The van der Waals surface area contributed by atoms with E-state index in [-0.39, 0.29) is 11.7 Å². The first-order chi connectivity index (χ1) is 20.9. The molecule has 236 valence electrons. The van der Waals surface area contributed by atoms with Crippen LogP contribution in [-0.2, 0) is 6.42 Å². The van der Waals surface area contributed by atoms with Gasteiger partial charge < -0.3 is 14.8 Å². The highest BCUT2D eigenvalue weighted by Gasteiger charge is 2.30. The van der Waals surface area contributed by atoms with Gasteiger partial charge in [-0.05, 0) is 35.9 Å². The van der Waals surface area contributed by atoms with Crippen LogP contribution in [0.3, 0.4) is 0 Å². The van der Waals surface area contributed by atoms with E-state index < -0.39 is 0 Å². The lowest BCUT2D eigenvalue weighted by Gasteiger charge is -2.11. The number of hydrogen-bond acceptors (Lipinski definition) is 5. The van der Waals surface area contributed by atoms with Crippen LogP contribution >= 0.6 is 0 Å². The van der Waals surface area contributed by atoms with Crippen LogP contribution in [0, 0.1) is 5.82 Å². The van der Waals surface area contributed by atoms with E-state index in [4.69, 9.17) is 9.47 Å². The molecular weight excluding hydrogens is 541 g/mol. The van der Waals surface area contributed by atoms with Gasteiger partial charge in [0.25, 0.3) is 0 Å². The summed E-state index contributed by atoms with van der Waals surface area (Å²) < 4.78 is 25.6. The predicted molar refractivity (Wildman–Crippen MR) is 176 cm³/mol. The molecule has 3 aromatic rings. The summed E-state index contributed by atoms with van der Waals surface area (Å²) in [6.07, 6.45) is 21.0. The number of hydrogen-bond donors (Lipinski definition) is 1. The third kappa shape index (κ3) is 10.1. The number of halogens is 1. The molecule has 0 saturated heterocycles. The summed E-state index contributed by atoms with van der Waals surface area (Å²) in [6.45, 7) is 6.02. The van der Waals surface area contributed by atoms with Crippen molar-refractivity contribution in [1.29, 1.82) is 0 Å². The highest BCUT2D eigenvalue weighted by Crippen LogP contribution is 2.45. The Hall–Kier alpha value is -3.35. The third-order valence-electron chi connectivity index (χ3n) is 8.06. The van der Waals surface area contributed by atoms with Gasteiger partial charge in [-0.3, -0.25) is 4.79 Å². The standard InChI is InChI=1S/C20H18FN3O3.C16H34/c1-11(25)24-20(22-14-6-4-5-13(21)9-14)16-7-12-8-17(26-2)18(27-3)10-15(12)19(16)23-24;1-3-5-7-9-11-13-15-16-14-12-10-8-6-4-2/h4-6,8-10,22H,7H2,1-3H3;3-16H2,1-2H3. The molecular formula is C36H52FN3O3. The summed E-state index contributed by atoms with van der Waals surface area (Å²) in [7, 11) is 3.16. The lowest BCUT2D eigenvalue weighted by Crippen LogP contribution is -2.12. The van der Waals surface area contributed by atoms with Crippen LogP contribution in [0.2, 0.25) is 0 Å². The van der Waals surface area contributed by atoms with E-state index in [0.29, 0.717) is 35.1 Å². The van der Waals surface area contributed by atoms with Crippen molar-refractivity contribution in [1.82, 2.24) is 9.78 Å². The zero-order valence-corrected chi connectivity index (χ0v) is 27.1. The Morgan fingerprint density at radius 1 is 0.837 bits per heavy atom. The molecule has 0 saturated carbocycles. The summed E-state index contributed by atoms with van der Waals surface area (Å²) in [5.74, 6) is 1.19. The average Bonchev–Trinajstić information content (AvgIpc) is 3.53. The van der Waals surface area contributed by atoms with Crippen LogP contribution in [-0.4, -0.2) is 29.9 Å². The molecule has 0 atom stereocenters. The number of aromatic nitrogens is 2. The molecule has 0 radical (unpaired) electrons. The van der Waals surface area contributed by atoms with Crippen molar-refractivity contribution in [3.05, 3.63) is 53.3 Å². The Kier molecular flexibility index (Phi) is 14.6. The summed E-state index contributed by atoms with van der Waals surface area (Å²) in [4.78, 5) is 12.1. The number of nitrogens with zero attached hydrogens (tertiary/aromatic N) is 2. The van der Waals surface area contributed by atoms with Gasteiger partial charge in [-0.1, -0.05) is 110 Å². The Bertz CT molecular complexity index is 1270. The second-order valence-electron chi connectivity index (χ2n) is 11.5. The lowest BCUT2D eigenvalue weighted by atomic mass is 10.0. The smallest absolute Gasteiger partial charge is 0.245 e. The van der Waals surface area contributed by atoms with Crippen LogP contribution in [0.15, 0.2) is 36.4 Å². The zero-order valence-electron chi connectivity index (χ0n) is 27.1. The first-order valence-corrected chi connectivity index (χ1v) is 16.3. The molecule has 0 bridgehead atoms. The molecule has 6 nitrogen and oxygen atoms in total. The molecule has 1 N–H and O–H groups in total. The number of rotatable bonds is 17. The third-order valence-corrected chi connectivity index (χ3v) is 8.06. The van der Waals surface area contributed by atoms with Gasteiger partial charge in [-0.15, -0.1) is 0 Å². The van der Waals surface area contributed by atoms with Crippen molar-refractivity contribution in [2.45, 2.75) is 117 Å². The fourth-order valence-corrected chi connectivity index (χ4v) is 5.64. The first-order valence-electron chi connectivity index (χ1n) is 16.3. The molecule has 7 heteroatoms. The van der Waals surface area contributed by atoms with Gasteiger partial charge in [0.15, 0.2) is 11.5 Å². The van der Waals surface area contributed by atoms with Crippen LogP contribution in [0.4, 0.5) is 15.9 Å². The van der Waals surface area contributed by atoms with E-state index in [9.17, 15) is 9.18 Å². The van der Waals surface area contributed by atoms with Gasteiger partial charge in [-0.25, -0.2) is 4.39 Å². The summed E-state index contributed by atoms with van der Waals surface area (Å²) in [5.41, 5.74) is 4.05. The Morgan fingerprint density at radius 3 is 1.86 bits per heavy atom. The van der Waals surface area contributed by atoms with E-state index in [1.807, 2.05) is 12.1 Å². The van der Waals surface area contributed by atoms with Gasteiger partial charge in [0.1, 0.15) is 11.6 Å². The van der Waals surface area contributed by atoms with Crippen molar-refractivity contribution in [2.75, 3.05) is 19.5 Å². The number of carbonyl (C=O) groups excluding carboxylic acids is 1. The van der Waals surface area contributed by atoms with Crippen LogP contribution in [0.25, 0.3) is 11.3 Å². The highest BCUT2D eigenvalue weighted by atomic mass is 19.1. The van der Waals surface area contributed by atoms with E-state index in [1.54, 1.807) is 26.4 Å². The molecule has 0 unspecified atom stereocenters. The SMILES string of the molecule is CCCCCCCCCCCCCCCC.COc1cc2c(cc1OC)-c1nn(C(C)=O)c(Nc3cccc(F)c3)c1C2. The van der Waals surface area contributed by atoms with Crippen molar-refractivity contribution < 1.29 is 18.7 Å². The largest absolute Gasteiger partial charge is 0.493 e. The summed E-state index contributed by atoms with van der Waals surface area (Å²) in [5, 5.41) is 7.64. The number of anilines is 2. The summed E-state index contributed by atoms with van der Waals surface area (Å²) >= 11 is 0. The molecule has 4 rings (SSSR count).